The van der Waals surface area contributed by atoms with E-state index < -0.39 is 7.12 Å². The van der Waals surface area contributed by atoms with Gasteiger partial charge in [-0.3, -0.25) is 4.79 Å². The van der Waals surface area contributed by atoms with Crippen LogP contribution in [0.1, 0.15) is 38.8 Å². The lowest BCUT2D eigenvalue weighted by atomic mass is 9.77. The molecule has 0 aliphatic carbocycles. The average molecular weight is 275 g/mol. The van der Waals surface area contributed by atoms with Crippen LogP contribution in [0, 0.1) is 6.92 Å². The molecule has 1 saturated heterocycles. The lowest BCUT2D eigenvalue weighted by molar-refractivity contribution is -0.117. The molecule has 0 unspecified atom stereocenters. The zero-order valence-electron chi connectivity index (χ0n) is 12.8. The molecule has 1 aromatic carbocycles. The van der Waals surface area contributed by atoms with E-state index in [4.69, 9.17) is 15.0 Å². The minimum Gasteiger partial charge on any atom is -0.399 e. The van der Waals surface area contributed by atoms with Gasteiger partial charge in [0.2, 0.25) is 5.91 Å². The first-order valence-electron chi connectivity index (χ1n) is 6.86. The molecule has 0 radical (unpaired) electrons. The van der Waals surface area contributed by atoms with E-state index in [0.29, 0.717) is 0 Å². The second-order valence-corrected chi connectivity index (χ2v) is 6.42. The molecule has 20 heavy (non-hydrogen) atoms. The summed E-state index contributed by atoms with van der Waals surface area (Å²) in [6.07, 6.45) is 0.235. The zero-order chi connectivity index (χ0) is 15.1. The summed E-state index contributed by atoms with van der Waals surface area (Å²) in [4.78, 5) is 11.1. The predicted octanol–water partition coefficient (Wildman–Crippen LogP) is 1.32. The number of primary amides is 1. The highest BCUT2D eigenvalue weighted by Gasteiger charge is 2.51. The summed E-state index contributed by atoms with van der Waals surface area (Å²) in [6.45, 7) is 10.0. The summed E-state index contributed by atoms with van der Waals surface area (Å²) in [5.41, 5.74) is 7.43. The number of hydrogen-bond donors (Lipinski definition) is 1. The van der Waals surface area contributed by atoms with Crippen molar-refractivity contribution in [1.82, 2.24) is 0 Å². The molecule has 1 amide bonds. The molecule has 2 N–H and O–H groups in total. The molecule has 1 fully saturated rings. The minimum absolute atomic E-state index is 0.235. The number of carbonyl (C=O) groups excluding carboxylic acids is 1. The summed E-state index contributed by atoms with van der Waals surface area (Å²) < 4.78 is 12.0. The topological polar surface area (TPSA) is 61.6 Å². The Hall–Kier alpha value is -1.33. The monoisotopic (exact) mass is 275 g/mol. The van der Waals surface area contributed by atoms with Gasteiger partial charge in [0, 0.05) is 0 Å². The number of aryl methyl sites for hydroxylation is 1. The number of benzene rings is 1. The number of amides is 1. The third kappa shape index (κ3) is 2.74. The molecule has 2 rings (SSSR count). The molecule has 1 aliphatic rings. The number of hydrogen-bond acceptors (Lipinski definition) is 3. The zero-order valence-corrected chi connectivity index (χ0v) is 12.8. The molecule has 0 saturated carbocycles. The number of nitrogens with two attached hydrogens (primary N) is 1. The van der Waals surface area contributed by atoms with Gasteiger partial charge in [0.15, 0.2) is 0 Å². The number of carbonyl (C=O) groups is 1. The van der Waals surface area contributed by atoms with Gasteiger partial charge in [-0.25, -0.2) is 0 Å². The van der Waals surface area contributed by atoms with Gasteiger partial charge in [0.25, 0.3) is 0 Å². The molecule has 1 aromatic rings. The molecule has 5 heteroatoms. The maximum atomic E-state index is 11.1. The van der Waals surface area contributed by atoms with Crippen LogP contribution in [0.25, 0.3) is 0 Å². The average Bonchev–Trinajstić information content (AvgIpc) is 2.50. The van der Waals surface area contributed by atoms with Crippen molar-refractivity contribution in [2.45, 2.75) is 52.2 Å². The summed E-state index contributed by atoms with van der Waals surface area (Å²) in [7, 11) is -0.410. The van der Waals surface area contributed by atoms with E-state index in [-0.39, 0.29) is 23.5 Å². The highest BCUT2D eigenvalue weighted by atomic mass is 16.7. The molecule has 0 aromatic heterocycles. The van der Waals surface area contributed by atoms with Crippen molar-refractivity contribution in [3.8, 4) is 0 Å². The van der Waals surface area contributed by atoms with Gasteiger partial charge >= 0.3 is 7.12 Å². The van der Waals surface area contributed by atoms with Crippen molar-refractivity contribution < 1.29 is 14.1 Å². The van der Waals surface area contributed by atoms with E-state index in [0.717, 1.165) is 16.6 Å². The van der Waals surface area contributed by atoms with Gasteiger partial charge in [-0.1, -0.05) is 18.2 Å². The Bertz CT molecular complexity index is 524. The van der Waals surface area contributed by atoms with Crippen molar-refractivity contribution in [2.75, 3.05) is 0 Å². The second-order valence-electron chi connectivity index (χ2n) is 6.42. The van der Waals surface area contributed by atoms with Crippen LogP contribution >= 0.6 is 0 Å². The Labute approximate surface area is 120 Å². The molecule has 0 bridgehead atoms. The van der Waals surface area contributed by atoms with Crippen LogP contribution in [0.4, 0.5) is 0 Å². The lowest BCUT2D eigenvalue weighted by Gasteiger charge is -2.32. The summed E-state index contributed by atoms with van der Waals surface area (Å²) >= 11 is 0. The van der Waals surface area contributed by atoms with Crippen molar-refractivity contribution in [3.63, 3.8) is 0 Å². The van der Waals surface area contributed by atoms with Gasteiger partial charge in [-0.15, -0.1) is 0 Å². The third-order valence-electron chi connectivity index (χ3n) is 4.26. The van der Waals surface area contributed by atoms with Crippen LogP contribution < -0.4 is 11.2 Å². The Morgan fingerprint density at radius 1 is 1.20 bits per heavy atom. The fraction of sp³-hybridized carbons (Fsp3) is 0.533. The Balaban J connectivity index is 2.29. The molecular formula is C15H22BNO3. The van der Waals surface area contributed by atoms with Gasteiger partial charge in [0.1, 0.15) is 0 Å². The second kappa shape index (κ2) is 4.90. The molecule has 0 spiro atoms. The normalized spacial score (nSPS) is 20.1. The van der Waals surface area contributed by atoms with Crippen LogP contribution in [0.15, 0.2) is 18.2 Å². The number of rotatable bonds is 3. The summed E-state index contributed by atoms with van der Waals surface area (Å²) in [5.74, 6) is -0.334. The SMILES string of the molecule is Cc1ccc(B2OC(C)(C)C(C)(C)O2)cc1CC(N)=O. The quantitative estimate of drug-likeness (QED) is 0.846. The largest absolute Gasteiger partial charge is 0.494 e. The van der Waals surface area contributed by atoms with E-state index in [2.05, 4.69) is 0 Å². The van der Waals surface area contributed by atoms with Gasteiger partial charge in [0.05, 0.1) is 17.6 Å². The van der Waals surface area contributed by atoms with E-state index >= 15 is 0 Å². The van der Waals surface area contributed by atoms with E-state index in [9.17, 15) is 4.79 Å². The summed E-state index contributed by atoms with van der Waals surface area (Å²) in [5, 5.41) is 0. The first-order valence-corrected chi connectivity index (χ1v) is 6.86. The Morgan fingerprint density at radius 3 is 2.25 bits per heavy atom. The standard InChI is InChI=1S/C15H22BNO3/c1-10-6-7-12(8-11(10)9-13(17)18)16-19-14(2,3)15(4,5)20-16/h6-8H,9H2,1-5H3,(H2,17,18). The van der Waals surface area contributed by atoms with Gasteiger partial charge in [-0.05, 0) is 51.2 Å². The van der Waals surface area contributed by atoms with Gasteiger partial charge < -0.3 is 15.0 Å². The molecule has 108 valence electrons. The van der Waals surface area contributed by atoms with Crippen molar-refractivity contribution >= 4 is 18.5 Å². The van der Waals surface area contributed by atoms with Crippen molar-refractivity contribution in [3.05, 3.63) is 29.3 Å². The van der Waals surface area contributed by atoms with Crippen LogP contribution in [0.5, 0.6) is 0 Å². The van der Waals surface area contributed by atoms with Crippen LogP contribution in [-0.2, 0) is 20.5 Å². The summed E-state index contributed by atoms with van der Waals surface area (Å²) in [6, 6.07) is 5.89. The fourth-order valence-electron chi connectivity index (χ4n) is 2.20. The minimum atomic E-state index is -0.410. The predicted molar refractivity (Wildman–Crippen MR) is 79.8 cm³/mol. The van der Waals surface area contributed by atoms with Crippen molar-refractivity contribution in [1.29, 1.82) is 0 Å². The maximum Gasteiger partial charge on any atom is 0.494 e. The molecule has 0 atom stereocenters. The first-order chi connectivity index (χ1) is 9.12. The van der Waals surface area contributed by atoms with Crippen molar-refractivity contribution in [2.24, 2.45) is 5.73 Å². The van der Waals surface area contributed by atoms with E-state index in [1.807, 2.05) is 52.8 Å². The van der Waals surface area contributed by atoms with Gasteiger partial charge in [-0.2, -0.15) is 0 Å². The molecule has 1 heterocycles. The Kier molecular flexibility index (Phi) is 3.69. The third-order valence-corrected chi connectivity index (χ3v) is 4.26. The fourth-order valence-corrected chi connectivity index (χ4v) is 2.20. The lowest BCUT2D eigenvalue weighted by Crippen LogP contribution is -2.41. The Morgan fingerprint density at radius 2 is 1.75 bits per heavy atom. The van der Waals surface area contributed by atoms with E-state index in [1.165, 1.54) is 0 Å². The van der Waals surface area contributed by atoms with Crippen LogP contribution in [0.2, 0.25) is 0 Å². The maximum absolute atomic E-state index is 11.1. The van der Waals surface area contributed by atoms with Crippen LogP contribution in [0.3, 0.4) is 0 Å². The first kappa shape index (κ1) is 15.1. The smallest absolute Gasteiger partial charge is 0.399 e. The molecule has 1 aliphatic heterocycles. The highest BCUT2D eigenvalue weighted by molar-refractivity contribution is 6.62. The van der Waals surface area contributed by atoms with E-state index in [1.54, 1.807) is 0 Å². The van der Waals surface area contributed by atoms with Crippen LogP contribution in [-0.4, -0.2) is 24.2 Å². The highest BCUT2D eigenvalue weighted by Crippen LogP contribution is 2.36. The molecular weight excluding hydrogens is 253 g/mol. The molecule has 4 nitrogen and oxygen atoms in total.